The molecule has 1 N–H and O–H groups in total. The summed E-state index contributed by atoms with van der Waals surface area (Å²) < 4.78 is 0. The zero-order valence-electron chi connectivity index (χ0n) is 15.0. The molecular formula is C22H24N2O. The molecule has 25 heavy (non-hydrogen) atoms. The maximum atomic E-state index is 12.1. The first-order chi connectivity index (χ1) is 11.9. The number of carbonyl (C=O) groups is 1. The van der Waals surface area contributed by atoms with E-state index in [1.807, 2.05) is 63.2 Å². The van der Waals surface area contributed by atoms with Gasteiger partial charge in [-0.25, -0.2) is 0 Å². The van der Waals surface area contributed by atoms with Crippen LogP contribution in [0.5, 0.6) is 0 Å². The molecule has 0 saturated heterocycles. The highest BCUT2D eigenvalue weighted by Gasteiger charge is 2.19. The molecule has 128 valence electrons. The Kier molecular flexibility index (Phi) is 6.14. The number of allylic oxidation sites excluding steroid dienone is 1. The molecule has 0 radical (unpaired) electrons. The third-order valence-corrected chi connectivity index (χ3v) is 4.18. The average molecular weight is 332 g/mol. The maximum Gasteiger partial charge on any atom is 0.248 e. The van der Waals surface area contributed by atoms with Gasteiger partial charge in [0.2, 0.25) is 5.91 Å². The van der Waals surface area contributed by atoms with Gasteiger partial charge in [0.25, 0.3) is 0 Å². The average Bonchev–Trinajstić information content (AvgIpc) is 2.61. The summed E-state index contributed by atoms with van der Waals surface area (Å²) in [5.41, 5.74) is 3.45. The van der Waals surface area contributed by atoms with Crippen LogP contribution >= 0.6 is 0 Å². The number of nitrogens with one attached hydrogen (secondary N) is 1. The number of hydrogen-bond donors (Lipinski definition) is 1. The number of anilines is 1. The summed E-state index contributed by atoms with van der Waals surface area (Å²) in [4.78, 5) is 12.1. The first-order valence-electron chi connectivity index (χ1n) is 8.44. The van der Waals surface area contributed by atoms with E-state index in [0.29, 0.717) is 0 Å². The van der Waals surface area contributed by atoms with E-state index in [-0.39, 0.29) is 5.91 Å². The summed E-state index contributed by atoms with van der Waals surface area (Å²) >= 11 is 0. The van der Waals surface area contributed by atoms with Gasteiger partial charge >= 0.3 is 0 Å². The van der Waals surface area contributed by atoms with E-state index in [4.69, 9.17) is 5.26 Å². The number of nitrogens with zero attached hydrogens (tertiary/aromatic N) is 1. The Morgan fingerprint density at radius 3 is 2.36 bits per heavy atom. The number of hydrogen-bond acceptors (Lipinski definition) is 2. The summed E-state index contributed by atoms with van der Waals surface area (Å²) in [5, 5.41) is 12.0. The maximum absolute atomic E-state index is 12.1. The Balaban J connectivity index is 1.92. The van der Waals surface area contributed by atoms with Crippen LogP contribution in [0.4, 0.5) is 5.69 Å². The summed E-state index contributed by atoms with van der Waals surface area (Å²) in [5.74, 6) is -0.127. The quantitative estimate of drug-likeness (QED) is 0.756. The SMILES string of the molecule is C/C(=C/C(=O)Nc1ccc(C(C)(C)C#N)cc1)CCc1ccccc1. The van der Waals surface area contributed by atoms with Crippen molar-refractivity contribution >= 4 is 11.6 Å². The summed E-state index contributed by atoms with van der Waals surface area (Å²) in [6.07, 6.45) is 3.43. The monoisotopic (exact) mass is 332 g/mol. The van der Waals surface area contributed by atoms with Crippen molar-refractivity contribution in [3.63, 3.8) is 0 Å². The van der Waals surface area contributed by atoms with Gasteiger partial charge in [-0.05, 0) is 56.9 Å². The molecule has 0 aliphatic carbocycles. The van der Waals surface area contributed by atoms with Crippen LogP contribution in [-0.4, -0.2) is 5.91 Å². The molecule has 0 aliphatic rings. The lowest BCUT2D eigenvalue weighted by molar-refractivity contribution is -0.112. The van der Waals surface area contributed by atoms with Gasteiger partial charge in [0.1, 0.15) is 0 Å². The number of benzene rings is 2. The van der Waals surface area contributed by atoms with Gasteiger partial charge in [-0.1, -0.05) is 48.0 Å². The molecule has 2 rings (SSSR count). The standard InChI is InChI=1S/C22H24N2O/c1-17(9-10-18-7-5-4-6-8-18)15-21(25)24-20-13-11-19(12-14-20)22(2,3)16-23/h4-8,11-15H,9-10H2,1-3H3,(H,24,25)/b17-15-. The molecule has 0 aliphatic heterocycles. The lowest BCUT2D eigenvalue weighted by Gasteiger charge is -2.16. The molecule has 0 saturated carbocycles. The molecule has 0 bridgehead atoms. The molecule has 0 aromatic heterocycles. The third-order valence-electron chi connectivity index (χ3n) is 4.18. The molecule has 3 nitrogen and oxygen atoms in total. The zero-order chi connectivity index (χ0) is 18.3. The molecule has 0 spiro atoms. The predicted molar refractivity (Wildman–Crippen MR) is 102 cm³/mol. The fourth-order valence-corrected chi connectivity index (χ4v) is 2.50. The smallest absolute Gasteiger partial charge is 0.248 e. The summed E-state index contributed by atoms with van der Waals surface area (Å²) in [6.45, 7) is 5.72. The van der Waals surface area contributed by atoms with Crippen LogP contribution in [0.15, 0.2) is 66.2 Å². The van der Waals surface area contributed by atoms with Crippen molar-refractivity contribution in [2.24, 2.45) is 0 Å². The molecule has 3 heteroatoms. The molecular weight excluding hydrogens is 308 g/mol. The van der Waals surface area contributed by atoms with E-state index >= 15 is 0 Å². The van der Waals surface area contributed by atoms with E-state index in [0.717, 1.165) is 29.7 Å². The van der Waals surface area contributed by atoms with Crippen LogP contribution in [0.2, 0.25) is 0 Å². The fraction of sp³-hybridized carbons (Fsp3) is 0.273. The second kappa shape index (κ2) is 8.30. The first-order valence-corrected chi connectivity index (χ1v) is 8.44. The van der Waals surface area contributed by atoms with Crippen molar-refractivity contribution in [2.75, 3.05) is 5.32 Å². The molecule has 0 atom stereocenters. The van der Waals surface area contributed by atoms with Gasteiger partial charge in [-0.15, -0.1) is 0 Å². The minimum absolute atomic E-state index is 0.127. The van der Waals surface area contributed by atoms with Gasteiger partial charge in [0.05, 0.1) is 11.5 Å². The zero-order valence-corrected chi connectivity index (χ0v) is 15.0. The highest BCUT2D eigenvalue weighted by atomic mass is 16.1. The summed E-state index contributed by atoms with van der Waals surface area (Å²) in [6, 6.07) is 19.9. The Labute approximate surface area is 150 Å². The van der Waals surface area contributed by atoms with Crippen molar-refractivity contribution in [3.8, 4) is 6.07 Å². The predicted octanol–water partition coefficient (Wildman–Crippen LogP) is 5.01. The summed E-state index contributed by atoms with van der Waals surface area (Å²) in [7, 11) is 0. The van der Waals surface area contributed by atoms with Crippen LogP contribution in [-0.2, 0) is 16.6 Å². The van der Waals surface area contributed by atoms with Gasteiger partial charge in [-0.3, -0.25) is 4.79 Å². The van der Waals surface area contributed by atoms with Gasteiger partial charge in [-0.2, -0.15) is 5.26 Å². The number of amides is 1. The molecule has 2 aromatic rings. The minimum Gasteiger partial charge on any atom is -0.323 e. The first kappa shape index (κ1) is 18.5. The highest BCUT2D eigenvalue weighted by Crippen LogP contribution is 2.23. The molecule has 0 unspecified atom stereocenters. The van der Waals surface area contributed by atoms with E-state index in [1.165, 1.54) is 5.56 Å². The van der Waals surface area contributed by atoms with Crippen molar-refractivity contribution in [1.82, 2.24) is 0 Å². The van der Waals surface area contributed by atoms with Gasteiger partial charge < -0.3 is 5.32 Å². The molecule has 1 amide bonds. The van der Waals surface area contributed by atoms with E-state index in [1.54, 1.807) is 6.08 Å². The van der Waals surface area contributed by atoms with Crippen LogP contribution in [0.25, 0.3) is 0 Å². The number of carbonyl (C=O) groups excluding carboxylic acids is 1. The fourth-order valence-electron chi connectivity index (χ4n) is 2.50. The number of rotatable bonds is 6. The minimum atomic E-state index is -0.531. The second-order valence-electron chi connectivity index (χ2n) is 6.78. The van der Waals surface area contributed by atoms with Crippen molar-refractivity contribution < 1.29 is 4.79 Å². The van der Waals surface area contributed by atoms with Crippen LogP contribution in [0, 0.1) is 11.3 Å². The van der Waals surface area contributed by atoms with Crippen LogP contribution < -0.4 is 5.32 Å². The van der Waals surface area contributed by atoms with E-state index in [9.17, 15) is 4.79 Å². The van der Waals surface area contributed by atoms with Crippen molar-refractivity contribution in [3.05, 3.63) is 77.4 Å². The number of nitriles is 1. The Bertz CT molecular complexity index is 781. The largest absolute Gasteiger partial charge is 0.323 e. The Morgan fingerprint density at radius 1 is 1.12 bits per heavy atom. The molecule has 0 fully saturated rings. The van der Waals surface area contributed by atoms with E-state index < -0.39 is 5.41 Å². The lowest BCUT2D eigenvalue weighted by Crippen LogP contribution is -2.14. The second-order valence-corrected chi connectivity index (χ2v) is 6.78. The van der Waals surface area contributed by atoms with Crippen molar-refractivity contribution in [1.29, 1.82) is 5.26 Å². The molecule has 2 aromatic carbocycles. The Hall–Kier alpha value is -2.86. The van der Waals surface area contributed by atoms with E-state index in [2.05, 4.69) is 23.5 Å². The van der Waals surface area contributed by atoms with Crippen molar-refractivity contribution in [2.45, 2.75) is 39.0 Å². The third kappa shape index (κ3) is 5.61. The highest BCUT2D eigenvalue weighted by molar-refractivity contribution is 5.99. The Morgan fingerprint density at radius 2 is 1.76 bits per heavy atom. The lowest BCUT2D eigenvalue weighted by atomic mass is 9.86. The topological polar surface area (TPSA) is 52.9 Å². The van der Waals surface area contributed by atoms with Crippen LogP contribution in [0.1, 0.15) is 38.3 Å². The van der Waals surface area contributed by atoms with Gasteiger partial charge in [0.15, 0.2) is 0 Å². The normalized spacial score (nSPS) is 11.7. The number of aryl methyl sites for hydroxylation is 1. The van der Waals surface area contributed by atoms with Gasteiger partial charge in [0, 0.05) is 11.8 Å². The molecule has 0 heterocycles. The van der Waals surface area contributed by atoms with Crippen LogP contribution in [0.3, 0.4) is 0 Å².